The topological polar surface area (TPSA) is 141 Å². The van der Waals surface area contributed by atoms with Crippen LogP contribution in [0, 0.1) is 5.92 Å². The molecule has 9 rings (SSSR count). The van der Waals surface area contributed by atoms with Crippen molar-refractivity contribution in [1.29, 1.82) is 0 Å². The van der Waals surface area contributed by atoms with Crippen LogP contribution < -0.4 is 25.2 Å². The van der Waals surface area contributed by atoms with Gasteiger partial charge in [-0.2, -0.15) is 18.3 Å². The average Bonchev–Trinajstić information content (AvgIpc) is 3.92. The molecule has 1 aliphatic carbocycles. The van der Waals surface area contributed by atoms with Gasteiger partial charge in [-0.3, -0.25) is 29.6 Å². The summed E-state index contributed by atoms with van der Waals surface area (Å²) in [4.78, 5) is 39.3. The second kappa shape index (κ2) is 14.2. The van der Waals surface area contributed by atoms with Crippen molar-refractivity contribution >= 4 is 50.7 Å². The van der Waals surface area contributed by atoms with Gasteiger partial charge in [0, 0.05) is 85.0 Å². The lowest BCUT2D eigenvalue weighted by Gasteiger charge is -2.39. The number of piperazine rings is 1. The van der Waals surface area contributed by atoms with E-state index >= 15 is 0 Å². The highest BCUT2D eigenvalue weighted by Crippen LogP contribution is 2.42. The van der Waals surface area contributed by atoms with Crippen LogP contribution in [0.3, 0.4) is 0 Å². The maximum atomic E-state index is 13.2. The maximum absolute atomic E-state index is 13.2. The summed E-state index contributed by atoms with van der Waals surface area (Å²) in [6, 6.07) is 13.9. The molecule has 16 heteroatoms. The number of fused-ring (bicyclic) bond motifs is 4. The lowest BCUT2D eigenvalue weighted by molar-refractivity contribution is -0.141. The van der Waals surface area contributed by atoms with Crippen molar-refractivity contribution in [2.24, 2.45) is 5.92 Å². The third-order valence-corrected chi connectivity index (χ3v) is 11.9. The Hall–Kier alpha value is -5.48. The number of anilines is 3. The van der Waals surface area contributed by atoms with Gasteiger partial charge in [0.05, 0.1) is 41.9 Å². The first-order valence-corrected chi connectivity index (χ1v) is 19.1. The fourth-order valence-corrected chi connectivity index (χ4v) is 9.14. The summed E-state index contributed by atoms with van der Waals surface area (Å²) in [5, 5.41) is 23.7. The Balaban J connectivity index is 0.821. The van der Waals surface area contributed by atoms with Gasteiger partial charge in [-0.1, -0.05) is 18.2 Å². The van der Waals surface area contributed by atoms with Gasteiger partial charge in [-0.15, -0.1) is 0 Å². The number of hydrogen-bond acceptors (Lipinski definition) is 10. The third-order valence-electron chi connectivity index (χ3n) is 11.9. The number of aliphatic hydroxyl groups is 1. The molecule has 3 N–H and O–H groups in total. The number of likely N-dealkylation sites (tertiary alicyclic amines) is 1. The molecule has 4 fully saturated rings. The number of benzene rings is 2. The number of amides is 3. The van der Waals surface area contributed by atoms with Crippen molar-refractivity contribution in [3.05, 3.63) is 78.5 Å². The first-order valence-electron chi connectivity index (χ1n) is 19.1. The molecule has 1 saturated carbocycles. The minimum absolute atomic E-state index is 0.156. The zero-order valence-corrected chi connectivity index (χ0v) is 30.7. The molecular weight excluding hydrogens is 727 g/mol. The van der Waals surface area contributed by atoms with Crippen LogP contribution in [0.5, 0.6) is 5.75 Å². The first kappa shape index (κ1) is 36.2. The summed E-state index contributed by atoms with van der Waals surface area (Å²) in [5.41, 5.74) is 1.76. The number of nitrogens with zero attached hydrogens (tertiary/aromatic N) is 7. The monoisotopic (exact) mass is 769 g/mol. The first-order chi connectivity index (χ1) is 27.0. The molecular formula is C40H42F3N9O4. The van der Waals surface area contributed by atoms with Gasteiger partial charge in [0.1, 0.15) is 11.4 Å². The van der Waals surface area contributed by atoms with Crippen LogP contribution in [0.25, 0.3) is 21.7 Å². The van der Waals surface area contributed by atoms with E-state index in [0.29, 0.717) is 41.7 Å². The van der Waals surface area contributed by atoms with Gasteiger partial charge >= 0.3 is 12.2 Å². The predicted octanol–water partition coefficient (Wildman–Crippen LogP) is 6.25. The lowest BCUT2D eigenvalue weighted by atomic mass is 9.85. The molecule has 3 saturated heterocycles. The Morgan fingerprint density at radius 1 is 0.982 bits per heavy atom. The van der Waals surface area contributed by atoms with Crippen LogP contribution in [0.2, 0.25) is 0 Å². The van der Waals surface area contributed by atoms with Crippen molar-refractivity contribution in [2.75, 3.05) is 48.4 Å². The smallest absolute Gasteiger partial charge is 0.433 e. The second-order valence-corrected chi connectivity index (χ2v) is 15.3. The van der Waals surface area contributed by atoms with E-state index in [9.17, 15) is 27.9 Å². The van der Waals surface area contributed by atoms with Crippen molar-refractivity contribution in [1.82, 2.24) is 30.0 Å². The molecule has 0 spiro atoms. The fraction of sp³-hybridized carbons (Fsp3) is 0.425. The zero-order valence-electron chi connectivity index (χ0n) is 30.7. The Kier molecular flexibility index (Phi) is 9.19. The van der Waals surface area contributed by atoms with E-state index in [2.05, 4.69) is 36.5 Å². The molecule has 3 aliphatic heterocycles. The van der Waals surface area contributed by atoms with Gasteiger partial charge in [0.15, 0.2) is 6.23 Å². The number of halogens is 3. The standard InChI is InChI=1S/C40H42F3N9O4/c1-56-35-16-31-24(14-32(35)46-38(54)30-5-3-7-36(45-30)40(41,42)43)20-52(48-31)25-10-8-23(9-11-25)19-49-21-27-15-26(49)22-51(27)33-6-2-4-28-29(33)17-44-18-34(28)50-13-12-37(53)47-39(50)55/h2-7,14,16-18,20,23,25-27,38,46,54H,8-13,15,19,21-22H2,1H3,(H,47,53,55)/t23?,25?,26-,27-,38?/m1/s1. The van der Waals surface area contributed by atoms with E-state index in [1.54, 1.807) is 23.2 Å². The highest BCUT2D eigenvalue weighted by molar-refractivity contribution is 6.11. The summed E-state index contributed by atoms with van der Waals surface area (Å²) < 4.78 is 47.2. The fourth-order valence-electron chi connectivity index (χ4n) is 9.14. The van der Waals surface area contributed by atoms with Gasteiger partial charge < -0.3 is 20.1 Å². The summed E-state index contributed by atoms with van der Waals surface area (Å²) >= 11 is 0. The molecule has 0 radical (unpaired) electrons. The van der Waals surface area contributed by atoms with E-state index in [0.717, 1.165) is 85.2 Å². The number of carbonyl (C=O) groups is 2. The number of imide groups is 1. The number of carbonyl (C=O) groups excluding carboxylic acids is 2. The van der Waals surface area contributed by atoms with Gasteiger partial charge in [0.2, 0.25) is 5.91 Å². The van der Waals surface area contributed by atoms with Gasteiger partial charge in [-0.05, 0) is 62.3 Å². The van der Waals surface area contributed by atoms with Crippen LogP contribution in [-0.4, -0.2) is 87.1 Å². The van der Waals surface area contributed by atoms with Gasteiger partial charge in [-0.25, -0.2) is 9.78 Å². The van der Waals surface area contributed by atoms with Crippen LogP contribution in [-0.2, 0) is 11.0 Å². The Morgan fingerprint density at radius 3 is 2.55 bits per heavy atom. The summed E-state index contributed by atoms with van der Waals surface area (Å²) in [6.45, 7) is 3.35. The van der Waals surface area contributed by atoms with Crippen molar-refractivity contribution in [2.45, 2.75) is 69.1 Å². The molecule has 56 heavy (non-hydrogen) atoms. The molecule has 5 aromatic rings. The van der Waals surface area contributed by atoms with E-state index in [1.807, 2.05) is 29.2 Å². The predicted molar refractivity (Wildman–Crippen MR) is 203 cm³/mol. The van der Waals surface area contributed by atoms with Crippen LogP contribution in [0.4, 0.5) is 35.0 Å². The SMILES string of the molecule is COc1cc2nn(C3CCC(CN4C[C@H]5C[C@@H]4CN5c4cccc5c(N6CCC(=O)NC6=O)cncc45)CC3)cc2cc1NC(O)c1cccc(C(F)(F)F)n1. The number of rotatable bonds is 9. The Bertz CT molecular complexity index is 2310. The lowest BCUT2D eigenvalue weighted by Crippen LogP contribution is -2.49. The number of alkyl halides is 3. The molecule has 13 nitrogen and oxygen atoms in total. The number of methoxy groups -OCH3 is 1. The second-order valence-electron chi connectivity index (χ2n) is 15.3. The molecule has 6 heterocycles. The number of nitrogens with one attached hydrogen (secondary N) is 2. The Labute approximate surface area is 320 Å². The van der Waals surface area contributed by atoms with E-state index < -0.39 is 24.1 Å². The minimum atomic E-state index is -4.62. The average molecular weight is 770 g/mol. The van der Waals surface area contributed by atoms with Crippen molar-refractivity contribution in [3.8, 4) is 5.75 Å². The highest BCUT2D eigenvalue weighted by Gasteiger charge is 2.44. The Morgan fingerprint density at radius 2 is 1.80 bits per heavy atom. The van der Waals surface area contributed by atoms with Crippen LogP contribution in [0.15, 0.2) is 67.1 Å². The number of aliphatic hydroxyl groups excluding tert-OH is 1. The van der Waals surface area contributed by atoms with Crippen LogP contribution >= 0.6 is 0 Å². The summed E-state index contributed by atoms with van der Waals surface area (Å²) in [6.07, 6.45) is 5.03. The molecule has 1 unspecified atom stereocenters. The summed E-state index contributed by atoms with van der Waals surface area (Å²) in [5.74, 6) is 0.740. The molecule has 2 bridgehead atoms. The number of hydrogen-bond donors (Lipinski definition) is 3. The molecule has 3 aromatic heterocycles. The van der Waals surface area contributed by atoms with Gasteiger partial charge in [0.25, 0.3) is 0 Å². The normalized spacial score (nSPS) is 23.6. The van der Waals surface area contributed by atoms with E-state index in [1.165, 1.54) is 19.2 Å². The zero-order chi connectivity index (χ0) is 38.7. The highest BCUT2D eigenvalue weighted by atomic mass is 19.4. The summed E-state index contributed by atoms with van der Waals surface area (Å²) in [7, 11) is 1.49. The number of aromatic nitrogens is 4. The number of urea groups is 1. The maximum Gasteiger partial charge on any atom is 0.433 e. The van der Waals surface area contributed by atoms with E-state index in [4.69, 9.17) is 9.84 Å². The third kappa shape index (κ3) is 6.74. The molecule has 3 atom stereocenters. The minimum Gasteiger partial charge on any atom is -0.495 e. The van der Waals surface area contributed by atoms with Crippen molar-refractivity contribution < 1.29 is 32.6 Å². The molecule has 4 aliphatic rings. The van der Waals surface area contributed by atoms with E-state index in [-0.39, 0.29) is 24.1 Å². The molecule has 292 valence electrons. The quantitative estimate of drug-likeness (QED) is 0.147. The van der Waals surface area contributed by atoms with Crippen LogP contribution in [0.1, 0.15) is 62.2 Å². The van der Waals surface area contributed by atoms with Crippen molar-refractivity contribution in [3.63, 3.8) is 0 Å². The number of pyridine rings is 2. The molecule has 2 aromatic carbocycles. The largest absolute Gasteiger partial charge is 0.495 e. The number of ether oxygens (including phenoxy) is 1. The molecule has 3 amide bonds.